The first kappa shape index (κ1) is 15.0. The maximum atomic E-state index is 12.1. The van der Waals surface area contributed by atoms with E-state index in [1.807, 2.05) is 49.4 Å². The zero-order chi connectivity index (χ0) is 14.4. The Labute approximate surface area is 133 Å². The lowest BCUT2D eigenvalue weighted by molar-refractivity contribution is 0.0938. The van der Waals surface area contributed by atoms with Gasteiger partial charge < -0.3 is 5.32 Å². The summed E-state index contributed by atoms with van der Waals surface area (Å²) in [7, 11) is 0. The number of hydrogen-bond acceptors (Lipinski definition) is 1. The minimum Gasteiger partial charge on any atom is -0.350 e. The number of nitrogens with one attached hydrogen (secondary N) is 1. The molecule has 0 saturated carbocycles. The molecule has 2 aromatic carbocycles. The lowest BCUT2D eigenvalue weighted by Gasteiger charge is -2.14. The molecule has 1 atom stereocenters. The molecule has 0 aliphatic heterocycles. The first-order chi connectivity index (χ1) is 9.65. The quantitative estimate of drug-likeness (QED) is 0.781. The molecule has 0 unspecified atom stereocenters. The molecule has 0 aliphatic carbocycles. The van der Waals surface area contributed by atoms with Crippen molar-refractivity contribution in [3.05, 3.63) is 69.3 Å². The summed E-state index contributed by atoms with van der Waals surface area (Å²) in [6, 6.07) is 18.1. The molecule has 0 aliphatic rings. The van der Waals surface area contributed by atoms with E-state index in [0.717, 1.165) is 22.0 Å². The van der Waals surface area contributed by atoms with Crippen LogP contribution in [0.15, 0.2) is 54.6 Å². The second-order valence-electron chi connectivity index (χ2n) is 4.91. The van der Waals surface area contributed by atoms with E-state index in [0.29, 0.717) is 0 Å². The monoisotopic (exact) mass is 379 g/mol. The number of amides is 1. The zero-order valence-corrected chi connectivity index (χ0v) is 13.6. The highest BCUT2D eigenvalue weighted by Crippen LogP contribution is 2.08. The molecule has 2 aromatic rings. The second-order valence-corrected chi connectivity index (χ2v) is 6.15. The molecular formula is C17H18INO. The highest BCUT2D eigenvalue weighted by molar-refractivity contribution is 14.1. The van der Waals surface area contributed by atoms with Crippen molar-refractivity contribution in [1.82, 2.24) is 5.32 Å². The van der Waals surface area contributed by atoms with Crippen LogP contribution < -0.4 is 5.32 Å². The van der Waals surface area contributed by atoms with Gasteiger partial charge in [0.15, 0.2) is 0 Å². The Morgan fingerprint density at radius 2 is 1.75 bits per heavy atom. The summed E-state index contributed by atoms with van der Waals surface area (Å²) >= 11 is 2.23. The first-order valence-corrected chi connectivity index (χ1v) is 7.83. The Morgan fingerprint density at radius 3 is 2.40 bits per heavy atom. The average Bonchev–Trinajstić information content (AvgIpc) is 2.47. The van der Waals surface area contributed by atoms with Crippen molar-refractivity contribution in [3.63, 3.8) is 0 Å². The van der Waals surface area contributed by atoms with Crippen molar-refractivity contribution >= 4 is 28.5 Å². The van der Waals surface area contributed by atoms with Gasteiger partial charge in [0.2, 0.25) is 0 Å². The number of carbonyl (C=O) groups excluding carboxylic acids is 1. The van der Waals surface area contributed by atoms with E-state index in [-0.39, 0.29) is 11.9 Å². The summed E-state index contributed by atoms with van der Waals surface area (Å²) < 4.78 is 1.14. The number of aryl methyl sites for hydroxylation is 1. The fraction of sp³-hybridized carbons (Fsp3) is 0.235. The molecule has 0 bridgehead atoms. The van der Waals surface area contributed by atoms with Crippen molar-refractivity contribution in [3.8, 4) is 0 Å². The van der Waals surface area contributed by atoms with Crippen LogP contribution in [0.3, 0.4) is 0 Å². The van der Waals surface area contributed by atoms with Gasteiger partial charge >= 0.3 is 0 Å². The fourth-order valence-electron chi connectivity index (χ4n) is 2.01. The highest BCUT2D eigenvalue weighted by Gasteiger charge is 2.09. The van der Waals surface area contributed by atoms with E-state index in [2.05, 4.69) is 40.0 Å². The Morgan fingerprint density at radius 1 is 1.10 bits per heavy atom. The second kappa shape index (κ2) is 7.43. The van der Waals surface area contributed by atoms with Crippen LogP contribution in [-0.2, 0) is 6.42 Å². The third kappa shape index (κ3) is 4.63. The van der Waals surface area contributed by atoms with Crippen LogP contribution in [0.1, 0.15) is 29.3 Å². The highest BCUT2D eigenvalue weighted by atomic mass is 127. The fourth-order valence-corrected chi connectivity index (χ4v) is 2.37. The summed E-state index contributed by atoms with van der Waals surface area (Å²) in [6.45, 7) is 2.05. The van der Waals surface area contributed by atoms with Gasteiger partial charge in [0.25, 0.3) is 5.91 Å². The molecule has 104 valence electrons. The third-order valence-corrected chi connectivity index (χ3v) is 3.91. The van der Waals surface area contributed by atoms with Gasteiger partial charge in [0, 0.05) is 15.2 Å². The van der Waals surface area contributed by atoms with E-state index in [4.69, 9.17) is 0 Å². The molecule has 0 radical (unpaired) electrons. The van der Waals surface area contributed by atoms with Crippen LogP contribution in [-0.4, -0.2) is 11.9 Å². The number of benzene rings is 2. The number of hydrogen-bond donors (Lipinski definition) is 1. The molecule has 0 saturated heterocycles. The smallest absolute Gasteiger partial charge is 0.251 e. The van der Waals surface area contributed by atoms with E-state index in [1.54, 1.807) is 0 Å². The van der Waals surface area contributed by atoms with Gasteiger partial charge in [-0.3, -0.25) is 4.79 Å². The summed E-state index contributed by atoms with van der Waals surface area (Å²) in [6.07, 6.45) is 1.93. The maximum Gasteiger partial charge on any atom is 0.251 e. The molecule has 3 heteroatoms. The SMILES string of the molecule is C[C@@H](CCc1ccccc1)NC(=O)c1ccc(I)cc1. The molecule has 20 heavy (non-hydrogen) atoms. The number of carbonyl (C=O) groups is 1. The Hall–Kier alpha value is -1.36. The van der Waals surface area contributed by atoms with Crippen LogP contribution in [0.4, 0.5) is 0 Å². The van der Waals surface area contributed by atoms with Crippen LogP contribution >= 0.6 is 22.6 Å². The van der Waals surface area contributed by atoms with Crippen molar-refractivity contribution in [2.24, 2.45) is 0 Å². The van der Waals surface area contributed by atoms with Gasteiger partial charge in [-0.2, -0.15) is 0 Å². The van der Waals surface area contributed by atoms with Crippen molar-refractivity contribution in [2.45, 2.75) is 25.8 Å². The van der Waals surface area contributed by atoms with Crippen LogP contribution in [0, 0.1) is 3.57 Å². The summed E-state index contributed by atoms with van der Waals surface area (Å²) in [4.78, 5) is 12.1. The molecule has 2 rings (SSSR count). The molecule has 1 amide bonds. The van der Waals surface area contributed by atoms with Crippen molar-refractivity contribution in [2.75, 3.05) is 0 Å². The third-order valence-electron chi connectivity index (χ3n) is 3.19. The number of rotatable bonds is 5. The topological polar surface area (TPSA) is 29.1 Å². The number of halogens is 1. The molecule has 0 spiro atoms. The maximum absolute atomic E-state index is 12.1. The Bertz CT molecular complexity index is 551. The van der Waals surface area contributed by atoms with E-state index >= 15 is 0 Å². The predicted molar refractivity (Wildman–Crippen MR) is 90.9 cm³/mol. The molecule has 1 N–H and O–H groups in total. The van der Waals surface area contributed by atoms with Gasteiger partial charge in [-0.05, 0) is 72.2 Å². The van der Waals surface area contributed by atoms with Crippen LogP contribution in [0.2, 0.25) is 0 Å². The summed E-state index contributed by atoms with van der Waals surface area (Å²) in [5, 5.41) is 3.04. The van der Waals surface area contributed by atoms with Gasteiger partial charge in [0.05, 0.1) is 0 Å². The molecule has 0 aromatic heterocycles. The molecule has 2 nitrogen and oxygen atoms in total. The summed E-state index contributed by atoms with van der Waals surface area (Å²) in [5.74, 6) is 0.00182. The molecule has 0 fully saturated rings. The zero-order valence-electron chi connectivity index (χ0n) is 11.5. The van der Waals surface area contributed by atoms with E-state index < -0.39 is 0 Å². The Balaban J connectivity index is 1.83. The van der Waals surface area contributed by atoms with Crippen LogP contribution in [0.5, 0.6) is 0 Å². The standard InChI is InChI=1S/C17H18INO/c1-13(7-8-14-5-3-2-4-6-14)19-17(20)15-9-11-16(18)12-10-15/h2-6,9-13H,7-8H2,1H3,(H,19,20)/t13-/m0/s1. The molecular weight excluding hydrogens is 361 g/mol. The van der Waals surface area contributed by atoms with Gasteiger partial charge in [-0.15, -0.1) is 0 Å². The largest absolute Gasteiger partial charge is 0.350 e. The predicted octanol–water partition coefficient (Wildman–Crippen LogP) is 4.04. The van der Waals surface area contributed by atoms with Crippen molar-refractivity contribution in [1.29, 1.82) is 0 Å². The lowest BCUT2D eigenvalue weighted by Crippen LogP contribution is -2.32. The van der Waals surface area contributed by atoms with Gasteiger partial charge in [0.1, 0.15) is 0 Å². The summed E-state index contributed by atoms with van der Waals surface area (Å²) in [5.41, 5.74) is 2.03. The minimum atomic E-state index is 0.00182. The van der Waals surface area contributed by atoms with Gasteiger partial charge in [-0.25, -0.2) is 0 Å². The molecule has 0 heterocycles. The lowest BCUT2D eigenvalue weighted by atomic mass is 10.1. The normalized spacial score (nSPS) is 11.9. The van der Waals surface area contributed by atoms with Gasteiger partial charge in [-0.1, -0.05) is 30.3 Å². The van der Waals surface area contributed by atoms with E-state index in [1.165, 1.54) is 5.56 Å². The first-order valence-electron chi connectivity index (χ1n) is 6.75. The Kier molecular flexibility index (Phi) is 5.59. The van der Waals surface area contributed by atoms with E-state index in [9.17, 15) is 4.79 Å². The van der Waals surface area contributed by atoms with Crippen LogP contribution in [0.25, 0.3) is 0 Å². The average molecular weight is 379 g/mol. The van der Waals surface area contributed by atoms with Crippen molar-refractivity contribution < 1.29 is 4.79 Å². The minimum absolute atomic E-state index is 0.00182.